The van der Waals surface area contributed by atoms with E-state index in [1.165, 1.54) is 25.7 Å². The zero-order chi connectivity index (χ0) is 10.2. The summed E-state index contributed by atoms with van der Waals surface area (Å²) in [7, 11) is 0. The molecule has 0 spiro atoms. The monoisotopic (exact) mass is 197 g/mol. The van der Waals surface area contributed by atoms with Crippen LogP contribution >= 0.6 is 0 Å². The summed E-state index contributed by atoms with van der Waals surface area (Å²) >= 11 is 0. The molecule has 2 nitrogen and oxygen atoms in total. The molecule has 2 fully saturated rings. The maximum atomic E-state index is 6.04. The van der Waals surface area contributed by atoms with Gasteiger partial charge in [0, 0.05) is 11.0 Å². The first-order valence-corrected chi connectivity index (χ1v) is 5.89. The van der Waals surface area contributed by atoms with Crippen molar-refractivity contribution in [2.75, 3.05) is 13.2 Å². The summed E-state index contributed by atoms with van der Waals surface area (Å²) in [4.78, 5) is 0. The third-order valence-electron chi connectivity index (χ3n) is 4.02. The van der Waals surface area contributed by atoms with Gasteiger partial charge >= 0.3 is 0 Å². The van der Waals surface area contributed by atoms with E-state index < -0.39 is 0 Å². The summed E-state index contributed by atoms with van der Waals surface area (Å²) < 4.78 is 5.42. The van der Waals surface area contributed by atoms with Crippen LogP contribution in [0.1, 0.15) is 46.0 Å². The summed E-state index contributed by atoms with van der Waals surface area (Å²) in [5.41, 5.74) is 6.56. The van der Waals surface area contributed by atoms with Crippen LogP contribution < -0.4 is 5.73 Å². The Hall–Kier alpha value is -0.0800. The largest absolute Gasteiger partial charge is 0.380 e. The van der Waals surface area contributed by atoms with Crippen LogP contribution in [0.3, 0.4) is 0 Å². The fourth-order valence-electron chi connectivity index (χ4n) is 2.54. The molecule has 2 N–H and O–H groups in total. The molecule has 14 heavy (non-hydrogen) atoms. The van der Waals surface area contributed by atoms with Crippen LogP contribution in [-0.2, 0) is 4.74 Å². The van der Waals surface area contributed by atoms with Crippen molar-refractivity contribution in [3.8, 4) is 0 Å². The first-order valence-electron chi connectivity index (χ1n) is 5.89. The lowest BCUT2D eigenvalue weighted by molar-refractivity contribution is -0.168. The van der Waals surface area contributed by atoms with Gasteiger partial charge in [0.25, 0.3) is 0 Å². The molecule has 1 aliphatic carbocycles. The van der Waals surface area contributed by atoms with Crippen LogP contribution in [0.25, 0.3) is 0 Å². The highest BCUT2D eigenvalue weighted by Gasteiger charge is 2.47. The highest BCUT2D eigenvalue weighted by atomic mass is 16.5. The van der Waals surface area contributed by atoms with Gasteiger partial charge in [0.2, 0.25) is 0 Å². The lowest BCUT2D eigenvalue weighted by atomic mass is 9.61. The van der Waals surface area contributed by atoms with Crippen molar-refractivity contribution in [3.05, 3.63) is 0 Å². The molecule has 1 saturated carbocycles. The van der Waals surface area contributed by atoms with Gasteiger partial charge in [0.1, 0.15) is 0 Å². The molecule has 82 valence electrons. The Balaban J connectivity index is 1.86. The molecule has 1 saturated heterocycles. The van der Waals surface area contributed by atoms with Crippen LogP contribution in [0.2, 0.25) is 0 Å². The minimum Gasteiger partial charge on any atom is -0.380 e. The van der Waals surface area contributed by atoms with E-state index >= 15 is 0 Å². The standard InChI is InChI=1S/C12H23NO/c1-11(2,13)6-7-12(8-14-9-12)10-4-3-5-10/h10H,3-9,13H2,1-2H3. The molecule has 2 rings (SSSR count). The molecule has 0 aromatic rings. The Bertz CT molecular complexity index is 199. The predicted molar refractivity (Wildman–Crippen MR) is 58.1 cm³/mol. The van der Waals surface area contributed by atoms with Gasteiger partial charge in [-0.1, -0.05) is 6.42 Å². The van der Waals surface area contributed by atoms with Crippen LogP contribution in [0, 0.1) is 11.3 Å². The molecule has 0 amide bonds. The lowest BCUT2D eigenvalue weighted by Gasteiger charge is -2.52. The van der Waals surface area contributed by atoms with Gasteiger partial charge < -0.3 is 10.5 Å². The Morgan fingerprint density at radius 3 is 2.29 bits per heavy atom. The third kappa shape index (κ3) is 1.96. The zero-order valence-electron chi connectivity index (χ0n) is 9.51. The molecular formula is C12H23NO. The average molecular weight is 197 g/mol. The Morgan fingerprint density at radius 2 is 2.00 bits per heavy atom. The van der Waals surface area contributed by atoms with E-state index in [1.54, 1.807) is 0 Å². The molecule has 0 unspecified atom stereocenters. The number of hydrogen-bond donors (Lipinski definition) is 1. The maximum Gasteiger partial charge on any atom is 0.0547 e. The molecule has 0 radical (unpaired) electrons. The number of rotatable bonds is 4. The van der Waals surface area contributed by atoms with Crippen molar-refractivity contribution in [2.45, 2.75) is 51.5 Å². The van der Waals surface area contributed by atoms with E-state index in [4.69, 9.17) is 10.5 Å². The van der Waals surface area contributed by atoms with E-state index in [0.717, 1.165) is 25.6 Å². The SMILES string of the molecule is CC(C)(N)CCC1(C2CCC2)COC1. The van der Waals surface area contributed by atoms with Gasteiger partial charge in [0.15, 0.2) is 0 Å². The Kier molecular flexibility index (Phi) is 2.61. The molecule has 0 bridgehead atoms. The van der Waals surface area contributed by atoms with E-state index in [2.05, 4.69) is 13.8 Å². The van der Waals surface area contributed by atoms with Gasteiger partial charge in [-0.3, -0.25) is 0 Å². The predicted octanol–water partition coefficient (Wildman–Crippen LogP) is 2.32. The lowest BCUT2D eigenvalue weighted by Crippen LogP contribution is -2.51. The maximum absolute atomic E-state index is 6.04. The third-order valence-corrected chi connectivity index (χ3v) is 4.02. The highest BCUT2D eigenvalue weighted by Crippen LogP contribution is 2.50. The van der Waals surface area contributed by atoms with E-state index in [1.807, 2.05) is 0 Å². The smallest absolute Gasteiger partial charge is 0.0547 e. The molecule has 1 heterocycles. The molecule has 0 atom stereocenters. The minimum atomic E-state index is -0.00760. The molecule has 2 heteroatoms. The number of ether oxygens (including phenoxy) is 1. The van der Waals surface area contributed by atoms with Crippen molar-refractivity contribution >= 4 is 0 Å². The van der Waals surface area contributed by atoms with Gasteiger partial charge in [0.05, 0.1) is 13.2 Å². The van der Waals surface area contributed by atoms with Crippen LogP contribution in [0.15, 0.2) is 0 Å². The van der Waals surface area contributed by atoms with Crippen molar-refractivity contribution in [1.29, 1.82) is 0 Å². The minimum absolute atomic E-state index is 0.00760. The summed E-state index contributed by atoms with van der Waals surface area (Å²) in [5.74, 6) is 0.943. The normalized spacial score (nSPS) is 26.8. The number of hydrogen-bond acceptors (Lipinski definition) is 2. The fourth-order valence-corrected chi connectivity index (χ4v) is 2.54. The molecule has 2 aliphatic rings. The molecule has 0 aromatic carbocycles. The molecule has 1 aliphatic heterocycles. The summed E-state index contributed by atoms with van der Waals surface area (Å²) in [6, 6.07) is 0. The van der Waals surface area contributed by atoms with Crippen molar-refractivity contribution in [2.24, 2.45) is 17.1 Å². The van der Waals surface area contributed by atoms with Crippen LogP contribution in [0.5, 0.6) is 0 Å². The van der Waals surface area contributed by atoms with Crippen LogP contribution in [-0.4, -0.2) is 18.8 Å². The summed E-state index contributed by atoms with van der Waals surface area (Å²) in [6.45, 7) is 6.24. The fraction of sp³-hybridized carbons (Fsp3) is 1.00. The molecular weight excluding hydrogens is 174 g/mol. The van der Waals surface area contributed by atoms with Crippen molar-refractivity contribution in [3.63, 3.8) is 0 Å². The second-order valence-corrected chi connectivity index (χ2v) is 5.97. The highest BCUT2D eigenvalue weighted by molar-refractivity contribution is 4.96. The van der Waals surface area contributed by atoms with Crippen molar-refractivity contribution < 1.29 is 4.74 Å². The van der Waals surface area contributed by atoms with E-state index in [0.29, 0.717) is 5.41 Å². The first kappa shape index (κ1) is 10.4. The number of nitrogens with two attached hydrogens (primary N) is 1. The second-order valence-electron chi connectivity index (χ2n) is 5.97. The van der Waals surface area contributed by atoms with E-state index in [-0.39, 0.29) is 5.54 Å². The molecule has 0 aromatic heterocycles. The van der Waals surface area contributed by atoms with Gasteiger partial charge in [-0.25, -0.2) is 0 Å². The van der Waals surface area contributed by atoms with Gasteiger partial charge in [-0.15, -0.1) is 0 Å². The Labute approximate surface area is 87.2 Å². The second kappa shape index (κ2) is 3.49. The summed E-state index contributed by atoms with van der Waals surface area (Å²) in [6.07, 6.45) is 6.68. The quantitative estimate of drug-likeness (QED) is 0.750. The van der Waals surface area contributed by atoms with Crippen LogP contribution in [0.4, 0.5) is 0 Å². The Morgan fingerprint density at radius 1 is 1.36 bits per heavy atom. The average Bonchev–Trinajstić information content (AvgIpc) is 1.88. The van der Waals surface area contributed by atoms with E-state index in [9.17, 15) is 0 Å². The zero-order valence-corrected chi connectivity index (χ0v) is 9.51. The summed E-state index contributed by atoms with van der Waals surface area (Å²) in [5, 5.41) is 0. The first-order chi connectivity index (χ1) is 6.52. The van der Waals surface area contributed by atoms with Crippen molar-refractivity contribution in [1.82, 2.24) is 0 Å². The topological polar surface area (TPSA) is 35.2 Å². The van der Waals surface area contributed by atoms with Gasteiger partial charge in [-0.05, 0) is 45.4 Å². The van der Waals surface area contributed by atoms with Gasteiger partial charge in [-0.2, -0.15) is 0 Å².